The molecule has 0 saturated carbocycles. The maximum Gasteiger partial charge on any atom is 0.0466 e. The van der Waals surface area contributed by atoms with E-state index in [0.29, 0.717) is 5.41 Å². The zero-order valence-corrected chi connectivity index (χ0v) is 10.5. The van der Waals surface area contributed by atoms with Crippen LogP contribution >= 0.6 is 0 Å². The van der Waals surface area contributed by atoms with Crippen molar-refractivity contribution in [3.8, 4) is 0 Å². The number of rotatable bonds is 8. The average molecular weight is 201 g/mol. The Labute approximate surface area is 89.4 Å². The first-order chi connectivity index (χ1) is 6.56. The molecule has 14 heavy (non-hydrogen) atoms. The lowest BCUT2D eigenvalue weighted by Crippen LogP contribution is -2.34. The molecule has 0 aromatic carbocycles. The van der Waals surface area contributed by atoms with Gasteiger partial charge < -0.3 is 10.1 Å². The van der Waals surface area contributed by atoms with Crippen molar-refractivity contribution in [1.29, 1.82) is 0 Å². The monoisotopic (exact) mass is 201 g/mol. The molecule has 0 aliphatic rings. The van der Waals surface area contributed by atoms with E-state index in [9.17, 15) is 0 Å². The molecule has 0 amide bonds. The summed E-state index contributed by atoms with van der Waals surface area (Å²) in [6, 6.07) is 0. The van der Waals surface area contributed by atoms with Crippen LogP contribution in [-0.4, -0.2) is 26.8 Å². The van der Waals surface area contributed by atoms with Crippen molar-refractivity contribution in [2.75, 3.05) is 26.8 Å². The molecule has 2 nitrogen and oxygen atoms in total. The molecule has 0 aromatic heterocycles. The standard InChI is InChI=1S/C12H27NO/c1-6-14-9-7-8-12(4,10-13-5)11(2)3/h11,13H,6-10H2,1-5H3. The molecule has 1 atom stereocenters. The summed E-state index contributed by atoms with van der Waals surface area (Å²) in [5.41, 5.74) is 0.409. The fraction of sp³-hybridized carbons (Fsp3) is 1.00. The van der Waals surface area contributed by atoms with Gasteiger partial charge in [0.25, 0.3) is 0 Å². The molecule has 0 aliphatic carbocycles. The quantitative estimate of drug-likeness (QED) is 0.610. The van der Waals surface area contributed by atoms with Gasteiger partial charge in [0.15, 0.2) is 0 Å². The van der Waals surface area contributed by atoms with Gasteiger partial charge in [0.05, 0.1) is 0 Å². The van der Waals surface area contributed by atoms with Crippen molar-refractivity contribution in [2.45, 2.75) is 40.5 Å². The van der Waals surface area contributed by atoms with Crippen LogP contribution in [0.3, 0.4) is 0 Å². The highest BCUT2D eigenvalue weighted by Crippen LogP contribution is 2.31. The first-order valence-corrected chi connectivity index (χ1v) is 5.79. The molecule has 0 heterocycles. The number of hydrogen-bond donors (Lipinski definition) is 1. The third-order valence-electron chi connectivity index (χ3n) is 3.22. The van der Waals surface area contributed by atoms with Gasteiger partial charge in [-0.2, -0.15) is 0 Å². The van der Waals surface area contributed by atoms with Crippen molar-refractivity contribution < 1.29 is 4.74 Å². The normalized spacial score (nSPS) is 15.9. The van der Waals surface area contributed by atoms with Crippen LogP contribution in [-0.2, 0) is 4.74 Å². The summed E-state index contributed by atoms with van der Waals surface area (Å²) in [6.45, 7) is 11.9. The predicted molar refractivity (Wildman–Crippen MR) is 62.6 cm³/mol. The highest BCUT2D eigenvalue weighted by atomic mass is 16.5. The average Bonchev–Trinajstić information content (AvgIpc) is 2.13. The lowest BCUT2D eigenvalue weighted by molar-refractivity contribution is 0.116. The molecule has 0 saturated heterocycles. The van der Waals surface area contributed by atoms with Gasteiger partial charge in [0.1, 0.15) is 0 Å². The van der Waals surface area contributed by atoms with E-state index in [2.05, 4.69) is 33.0 Å². The van der Waals surface area contributed by atoms with E-state index in [1.54, 1.807) is 0 Å². The Balaban J connectivity index is 3.84. The van der Waals surface area contributed by atoms with Gasteiger partial charge in [0, 0.05) is 19.8 Å². The molecule has 0 aliphatic heterocycles. The molecule has 0 fully saturated rings. The zero-order valence-electron chi connectivity index (χ0n) is 10.5. The fourth-order valence-electron chi connectivity index (χ4n) is 1.71. The molecule has 1 N–H and O–H groups in total. The second-order valence-corrected chi connectivity index (χ2v) is 4.64. The smallest absolute Gasteiger partial charge is 0.0466 e. The predicted octanol–water partition coefficient (Wildman–Crippen LogP) is 2.68. The van der Waals surface area contributed by atoms with Crippen LogP contribution < -0.4 is 5.32 Å². The topological polar surface area (TPSA) is 21.3 Å². The third-order valence-corrected chi connectivity index (χ3v) is 3.22. The van der Waals surface area contributed by atoms with E-state index in [-0.39, 0.29) is 0 Å². The summed E-state index contributed by atoms with van der Waals surface area (Å²) in [4.78, 5) is 0. The summed E-state index contributed by atoms with van der Waals surface area (Å²) in [7, 11) is 2.03. The van der Waals surface area contributed by atoms with Crippen LogP contribution in [0.15, 0.2) is 0 Å². The Bertz CT molecular complexity index is 136. The van der Waals surface area contributed by atoms with Crippen molar-refractivity contribution in [2.24, 2.45) is 11.3 Å². The van der Waals surface area contributed by atoms with E-state index in [1.165, 1.54) is 12.8 Å². The maximum atomic E-state index is 5.37. The van der Waals surface area contributed by atoms with E-state index >= 15 is 0 Å². The van der Waals surface area contributed by atoms with Gasteiger partial charge >= 0.3 is 0 Å². The summed E-state index contributed by atoms with van der Waals surface area (Å²) < 4.78 is 5.37. The van der Waals surface area contributed by atoms with Crippen molar-refractivity contribution in [3.05, 3.63) is 0 Å². The first kappa shape index (κ1) is 13.9. The minimum Gasteiger partial charge on any atom is -0.382 e. The number of ether oxygens (including phenoxy) is 1. The maximum absolute atomic E-state index is 5.37. The Morgan fingerprint density at radius 3 is 2.43 bits per heavy atom. The SMILES string of the molecule is CCOCCCC(C)(CNC)C(C)C. The van der Waals surface area contributed by atoms with Crippen molar-refractivity contribution >= 4 is 0 Å². The first-order valence-electron chi connectivity index (χ1n) is 5.79. The van der Waals surface area contributed by atoms with Crippen LogP contribution in [0.4, 0.5) is 0 Å². The Hall–Kier alpha value is -0.0800. The van der Waals surface area contributed by atoms with E-state index in [1.807, 2.05) is 7.05 Å². The van der Waals surface area contributed by atoms with E-state index < -0.39 is 0 Å². The highest BCUT2D eigenvalue weighted by Gasteiger charge is 2.26. The van der Waals surface area contributed by atoms with Crippen LogP contribution in [0.1, 0.15) is 40.5 Å². The Morgan fingerprint density at radius 2 is 2.00 bits per heavy atom. The minimum atomic E-state index is 0.409. The van der Waals surface area contributed by atoms with Crippen molar-refractivity contribution in [1.82, 2.24) is 5.32 Å². The molecule has 2 heteroatoms. The van der Waals surface area contributed by atoms with Gasteiger partial charge in [0.2, 0.25) is 0 Å². The second-order valence-electron chi connectivity index (χ2n) is 4.64. The molecule has 0 radical (unpaired) electrons. The van der Waals surface area contributed by atoms with E-state index in [4.69, 9.17) is 4.74 Å². The van der Waals surface area contributed by atoms with Crippen molar-refractivity contribution in [3.63, 3.8) is 0 Å². The Morgan fingerprint density at radius 1 is 1.36 bits per heavy atom. The molecule has 86 valence electrons. The van der Waals surface area contributed by atoms with E-state index in [0.717, 1.165) is 25.7 Å². The molecular formula is C12H27NO. The van der Waals surface area contributed by atoms with Crippen LogP contribution in [0.25, 0.3) is 0 Å². The summed E-state index contributed by atoms with van der Waals surface area (Å²) in [6.07, 6.45) is 2.41. The summed E-state index contributed by atoms with van der Waals surface area (Å²) >= 11 is 0. The number of hydrogen-bond acceptors (Lipinski definition) is 2. The Kier molecular flexibility index (Phi) is 7.20. The van der Waals surface area contributed by atoms with Gasteiger partial charge in [-0.05, 0) is 38.1 Å². The second kappa shape index (κ2) is 7.24. The molecule has 0 bridgehead atoms. The van der Waals surface area contributed by atoms with Crippen LogP contribution in [0.5, 0.6) is 0 Å². The lowest BCUT2D eigenvalue weighted by atomic mass is 9.75. The minimum absolute atomic E-state index is 0.409. The number of nitrogens with one attached hydrogen (secondary N) is 1. The zero-order chi connectivity index (χ0) is 11.0. The van der Waals surface area contributed by atoms with Gasteiger partial charge in [-0.1, -0.05) is 20.8 Å². The summed E-state index contributed by atoms with van der Waals surface area (Å²) in [5.74, 6) is 0.719. The van der Waals surface area contributed by atoms with Gasteiger partial charge in [-0.15, -0.1) is 0 Å². The summed E-state index contributed by atoms with van der Waals surface area (Å²) in [5, 5.41) is 3.29. The van der Waals surface area contributed by atoms with Crippen LogP contribution in [0.2, 0.25) is 0 Å². The molecule has 0 spiro atoms. The molecular weight excluding hydrogens is 174 g/mol. The lowest BCUT2D eigenvalue weighted by Gasteiger charge is -2.33. The van der Waals surface area contributed by atoms with Crippen LogP contribution in [0, 0.1) is 11.3 Å². The fourth-order valence-corrected chi connectivity index (χ4v) is 1.71. The molecule has 0 aromatic rings. The van der Waals surface area contributed by atoms with Gasteiger partial charge in [-0.3, -0.25) is 0 Å². The molecule has 1 unspecified atom stereocenters. The largest absolute Gasteiger partial charge is 0.382 e. The molecule has 0 rings (SSSR count). The third kappa shape index (κ3) is 4.97. The van der Waals surface area contributed by atoms with Gasteiger partial charge in [-0.25, -0.2) is 0 Å². The highest BCUT2D eigenvalue weighted by molar-refractivity contribution is 4.79.